The molecule has 1 aromatic carbocycles. The monoisotopic (exact) mass is 301 g/mol. The first-order valence-corrected chi connectivity index (χ1v) is 7.56. The SMILES string of the molecule is CC(C)[C@@H](C)N(Cc1ccco1)C(=O)c1ccc(CO)cc1. The minimum atomic E-state index is -0.0258. The van der Waals surface area contributed by atoms with E-state index in [1.807, 2.05) is 24.0 Å². The predicted molar refractivity (Wildman–Crippen MR) is 85.2 cm³/mol. The molecule has 1 aromatic heterocycles. The van der Waals surface area contributed by atoms with Crippen molar-refractivity contribution in [1.82, 2.24) is 4.90 Å². The number of benzene rings is 1. The first-order chi connectivity index (χ1) is 10.5. The fourth-order valence-corrected chi connectivity index (χ4v) is 2.25. The Balaban J connectivity index is 2.24. The lowest BCUT2D eigenvalue weighted by Gasteiger charge is -2.31. The molecule has 0 bridgehead atoms. The second-order valence-electron chi connectivity index (χ2n) is 5.85. The molecule has 4 nitrogen and oxygen atoms in total. The van der Waals surface area contributed by atoms with Crippen molar-refractivity contribution in [3.8, 4) is 0 Å². The zero-order valence-corrected chi connectivity index (χ0v) is 13.3. The summed E-state index contributed by atoms with van der Waals surface area (Å²) in [6.07, 6.45) is 1.62. The fourth-order valence-electron chi connectivity index (χ4n) is 2.25. The molecule has 0 spiro atoms. The number of carbonyl (C=O) groups excluding carboxylic acids is 1. The van der Waals surface area contributed by atoms with Crippen molar-refractivity contribution in [2.24, 2.45) is 5.92 Å². The number of nitrogens with zero attached hydrogens (tertiary/aromatic N) is 1. The van der Waals surface area contributed by atoms with Gasteiger partial charge in [0.25, 0.3) is 5.91 Å². The van der Waals surface area contributed by atoms with Gasteiger partial charge in [-0.2, -0.15) is 0 Å². The van der Waals surface area contributed by atoms with Crippen LogP contribution >= 0.6 is 0 Å². The third kappa shape index (κ3) is 3.77. The van der Waals surface area contributed by atoms with Gasteiger partial charge in [-0.1, -0.05) is 26.0 Å². The average molecular weight is 301 g/mol. The Hall–Kier alpha value is -2.07. The molecule has 1 atom stereocenters. The molecule has 0 saturated carbocycles. The van der Waals surface area contributed by atoms with Gasteiger partial charge in [-0.25, -0.2) is 0 Å². The summed E-state index contributed by atoms with van der Waals surface area (Å²) in [6.45, 7) is 6.68. The highest BCUT2D eigenvalue weighted by Crippen LogP contribution is 2.19. The smallest absolute Gasteiger partial charge is 0.254 e. The predicted octanol–water partition coefficient (Wildman–Crippen LogP) is 3.46. The minimum absolute atomic E-state index is 0.0209. The molecular weight excluding hydrogens is 278 g/mol. The van der Waals surface area contributed by atoms with Crippen LogP contribution in [0.25, 0.3) is 0 Å². The van der Waals surface area contributed by atoms with E-state index in [9.17, 15) is 4.79 Å². The Morgan fingerprint density at radius 1 is 1.18 bits per heavy atom. The van der Waals surface area contributed by atoms with Crippen molar-refractivity contribution < 1.29 is 14.3 Å². The molecule has 0 aliphatic heterocycles. The average Bonchev–Trinajstić information content (AvgIpc) is 3.04. The van der Waals surface area contributed by atoms with E-state index in [-0.39, 0.29) is 18.6 Å². The molecule has 0 aliphatic carbocycles. The Labute approximate surface area is 131 Å². The van der Waals surface area contributed by atoms with Gasteiger partial charge in [0, 0.05) is 11.6 Å². The van der Waals surface area contributed by atoms with Crippen LogP contribution in [0.5, 0.6) is 0 Å². The van der Waals surface area contributed by atoms with Crippen LogP contribution in [0.15, 0.2) is 47.1 Å². The van der Waals surface area contributed by atoms with E-state index in [4.69, 9.17) is 9.52 Å². The molecule has 0 fully saturated rings. The van der Waals surface area contributed by atoms with Crippen LogP contribution in [0.3, 0.4) is 0 Å². The fraction of sp³-hybridized carbons (Fsp3) is 0.389. The van der Waals surface area contributed by atoms with Gasteiger partial charge < -0.3 is 14.4 Å². The molecule has 118 valence electrons. The lowest BCUT2D eigenvalue weighted by molar-refractivity contribution is 0.0611. The summed E-state index contributed by atoms with van der Waals surface area (Å²) in [5.41, 5.74) is 1.42. The highest BCUT2D eigenvalue weighted by atomic mass is 16.3. The first kappa shape index (κ1) is 16.3. The molecule has 0 aliphatic rings. The van der Waals surface area contributed by atoms with Gasteiger partial charge in [-0.15, -0.1) is 0 Å². The highest BCUT2D eigenvalue weighted by molar-refractivity contribution is 5.94. The van der Waals surface area contributed by atoms with Gasteiger partial charge in [-0.3, -0.25) is 4.79 Å². The van der Waals surface area contributed by atoms with Crippen LogP contribution in [0.4, 0.5) is 0 Å². The molecule has 4 heteroatoms. The van der Waals surface area contributed by atoms with E-state index >= 15 is 0 Å². The molecular formula is C18H23NO3. The van der Waals surface area contributed by atoms with Crippen molar-refractivity contribution >= 4 is 5.91 Å². The first-order valence-electron chi connectivity index (χ1n) is 7.56. The Bertz CT molecular complexity index is 587. The summed E-state index contributed by atoms with van der Waals surface area (Å²) in [5, 5.41) is 9.10. The van der Waals surface area contributed by atoms with Gasteiger partial charge >= 0.3 is 0 Å². The topological polar surface area (TPSA) is 53.7 Å². The maximum atomic E-state index is 12.8. The third-order valence-electron chi connectivity index (χ3n) is 4.01. The highest BCUT2D eigenvalue weighted by Gasteiger charge is 2.24. The maximum absolute atomic E-state index is 12.8. The standard InChI is InChI=1S/C18H23NO3/c1-13(2)14(3)19(11-17-5-4-10-22-17)18(21)16-8-6-15(12-20)7-9-16/h4-10,13-14,20H,11-12H2,1-3H3/t14-/m1/s1. The lowest BCUT2D eigenvalue weighted by Crippen LogP contribution is -2.40. The summed E-state index contributed by atoms with van der Waals surface area (Å²) in [6, 6.07) is 10.9. The van der Waals surface area contributed by atoms with Crippen molar-refractivity contribution in [1.29, 1.82) is 0 Å². The Morgan fingerprint density at radius 3 is 2.36 bits per heavy atom. The normalized spacial score (nSPS) is 12.4. The Morgan fingerprint density at radius 2 is 1.86 bits per heavy atom. The van der Waals surface area contributed by atoms with Crippen molar-refractivity contribution in [3.05, 3.63) is 59.5 Å². The molecule has 1 amide bonds. The van der Waals surface area contributed by atoms with Crippen molar-refractivity contribution in [3.63, 3.8) is 0 Å². The van der Waals surface area contributed by atoms with Gasteiger partial charge in [-0.05, 0) is 42.7 Å². The van der Waals surface area contributed by atoms with Crippen LogP contribution in [0.1, 0.15) is 42.5 Å². The van der Waals surface area contributed by atoms with E-state index < -0.39 is 0 Å². The van der Waals surface area contributed by atoms with Crippen LogP contribution in [-0.4, -0.2) is 22.0 Å². The number of hydrogen-bond donors (Lipinski definition) is 1. The van der Waals surface area contributed by atoms with E-state index in [1.54, 1.807) is 30.5 Å². The van der Waals surface area contributed by atoms with Gasteiger partial charge in [0.05, 0.1) is 19.4 Å². The molecule has 0 unspecified atom stereocenters. The van der Waals surface area contributed by atoms with E-state index in [1.165, 1.54) is 0 Å². The van der Waals surface area contributed by atoms with Crippen molar-refractivity contribution in [2.45, 2.75) is 40.0 Å². The van der Waals surface area contributed by atoms with Crippen molar-refractivity contribution in [2.75, 3.05) is 0 Å². The van der Waals surface area contributed by atoms with Crippen LogP contribution in [0, 0.1) is 5.92 Å². The van der Waals surface area contributed by atoms with Gasteiger partial charge in [0.2, 0.25) is 0 Å². The van der Waals surface area contributed by atoms with Crippen LogP contribution < -0.4 is 0 Å². The summed E-state index contributed by atoms with van der Waals surface area (Å²) < 4.78 is 5.39. The molecule has 2 rings (SSSR count). The van der Waals surface area contributed by atoms with Gasteiger partial charge in [0.15, 0.2) is 0 Å². The molecule has 1 heterocycles. The molecule has 1 N–H and O–H groups in total. The van der Waals surface area contributed by atoms with Crippen LogP contribution in [-0.2, 0) is 13.2 Å². The number of hydrogen-bond acceptors (Lipinski definition) is 3. The summed E-state index contributed by atoms with van der Waals surface area (Å²) in [4.78, 5) is 14.7. The maximum Gasteiger partial charge on any atom is 0.254 e. The number of carbonyl (C=O) groups is 1. The summed E-state index contributed by atoms with van der Waals surface area (Å²) >= 11 is 0. The largest absolute Gasteiger partial charge is 0.467 e. The quantitative estimate of drug-likeness (QED) is 0.889. The third-order valence-corrected chi connectivity index (χ3v) is 4.01. The van der Waals surface area contributed by atoms with E-state index in [0.29, 0.717) is 18.0 Å². The Kier molecular flexibility index (Phi) is 5.39. The minimum Gasteiger partial charge on any atom is -0.467 e. The summed E-state index contributed by atoms with van der Waals surface area (Å²) in [5.74, 6) is 1.09. The zero-order chi connectivity index (χ0) is 16.1. The second-order valence-corrected chi connectivity index (χ2v) is 5.85. The van der Waals surface area contributed by atoms with Gasteiger partial charge in [0.1, 0.15) is 5.76 Å². The molecule has 0 radical (unpaired) electrons. The lowest BCUT2D eigenvalue weighted by atomic mass is 10.0. The number of amides is 1. The number of aliphatic hydroxyl groups is 1. The van der Waals surface area contributed by atoms with E-state index in [2.05, 4.69) is 13.8 Å². The van der Waals surface area contributed by atoms with Crippen LogP contribution in [0.2, 0.25) is 0 Å². The second kappa shape index (κ2) is 7.27. The molecule has 22 heavy (non-hydrogen) atoms. The number of furan rings is 1. The molecule has 0 saturated heterocycles. The molecule has 2 aromatic rings. The number of rotatable bonds is 6. The zero-order valence-electron chi connectivity index (χ0n) is 13.3. The van der Waals surface area contributed by atoms with E-state index in [0.717, 1.165) is 11.3 Å². The number of aliphatic hydroxyl groups excluding tert-OH is 1. The summed E-state index contributed by atoms with van der Waals surface area (Å²) in [7, 11) is 0.